The second kappa shape index (κ2) is 51.7. The van der Waals surface area contributed by atoms with E-state index in [0.29, 0.717) is 13.1 Å². The minimum atomic E-state index is -0.145. The maximum absolute atomic E-state index is 4.46. The molecule has 0 radical (unpaired) electrons. The van der Waals surface area contributed by atoms with Gasteiger partial charge < -0.3 is 34.0 Å². The summed E-state index contributed by atoms with van der Waals surface area (Å²) in [6.45, 7) is 44.4. The number of allylic oxidation sites excluding steroid dienone is 6. The molecule has 6 aromatic heterocycles. The number of alkyl halides is 1. The highest BCUT2D eigenvalue weighted by Gasteiger charge is 2.15. The third kappa shape index (κ3) is 43.9. The Morgan fingerprint density at radius 3 is 0.884 bits per heavy atom. The quantitative estimate of drug-likeness (QED) is 0.0561. The van der Waals surface area contributed by atoms with E-state index in [1.165, 1.54) is 22.3 Å². The van der Waals surface area contributed by atoms with E-state index in [-0.39, 0.29) is 90.9 Å². The molecule has 5 aromatic carbocycles. The average molecular weight is 1950 g/mol. The fraction of sp³-hybridized carbons (Fsp3) is 0.244. The van der Waals surface area contributed by atoms with Crippen molar-refractivity contribution in [3.8, 4) is 130 Å². The van der Waals surface area contributed by atoms with Crippen molar-refractivity contribution in [2.75, 3.05) is 0 Å². The zero-order valence-electron chi connectivity index (χ0n) is 76.8. The van der Waals surface area contributed by atoms with Gasteiger partial charge in [0, 0.05) is 153 Å². The van der Waals surface area contributed by atoms with Gasteiger partial charge in [-0.15, -0.1) is 17.0 Å². The molecule has 0 aliphatic heterocycles. The normalized spacial score (nSPS) is 10.6. The zero-order valence-corrected chi connectivity index (χ0v) is 83.3. The van der Waals surface area contributed by atoms with Crippen LogP contribution in [0.25, 0.3) is 6.08 Å². The van der Waals surface area contributed by atoms with E-state index in [4.69, 9.17) is 0 Å². The van der Waals surface area contributed by atoms with Crippen LogP contribution < -0.4 is 47.7 Å². The predicted octanol–water partition coefficient (Wildman–Crippen LogP) is 18.1. The van der Waals surface area contributed by atoms with Crippen LogP contribution in [-0.2, 0) is 25.0 Å². The molecule has 0 unspecified atom stereocenters. The molecule has 0 fully saturated rings. The molecular weight excluding hydrogens is 1830 g/mol. The largest absolute Gasteiger partial charge is 1.00 e. The Hall–Kier alpha value is -13.0. The van der Waals surface area contributed by atoms with Crippen LogP contribution in [0.4, 0.5) is 0 Å². The molecule has 11 rings (SSSR count). The number of nitrogens with zero attached hydrogens (tertiary/aromatic N) is 6. The van der Waals surface area contributed by atoms with E-state index in [9.17, 15) is 0 Å². The number of pyridine rings is 6. The smallest absolute Gasteiger partial charge is 0.184 e. The highest BCUT2D eigenvalue weighted by molar-refractivity contribution is 9.08. The van der Waals surface area contributed by atoms with Crippen LogP contribution in [0, 0.1) is 163 Å². The van der Waals surface area contributed by atoms with Gasteiger partial charge in [-0.25, -0.2) is 0 Å². The van der Waals surface area contributed by atoms with Crippen LogP contribution in [0.15, 0.2) is 292 Å². The molecule has 6 heterocycles. The molecule has 129 heavy (non-hydrogen) atoms. The van der Waals surface area contributed by atoms with Crippen LogP contribution in [0.2, 0.25) is 0 Å². The fourth-order valence-corrected chi connectivity index (χ4v) is 11.5. The molecule has 10 heteroatoms. The summed E-state index contributed by atoms with van der Waals surface area (Å²) in [6, 6.07) is 59.6. The third-order valence-corrected chi connectivity index (χ3v) is 17.5. The summed E-state index contributed by atoms with van der Waals surface area (Å²) in [5.74, 6) is 72.9. The van der Waals surface area contributed by atoms with Crippen LogP contribution in [0.3, 0.4) is 0 Å². The predicted molar refractivity (Wildman–Crippen MR) is 537 cm³/mol. The van der Waals surface area contributed by atoms with E-state index in [0.717, 1.165) is 106 Å². The first kappa shape index (κ1) is 107. The first-order chi connectivity index (χ1) is 59.4. The molecule has 0 N–H and O–H groups in total. The monoisotopic (exact) mass is 1940 g/mol. The van der Waals surface area contributed by atoms with Crippen LogP contribution in [0.5, 0.6) is 0 Å². The standard InChI is InChI=1S/C66H64N3.C45H39N3.C7H7Br.CH4.3BrH/c1-53(30-31-59-42-62(35-38-65(5,6)7)51-68(48-59)45-56-25-16-12-17-26-56)40-54(32-33-60-43-63(36-39-66(8,9)10)52-69(49-60)46-57-27-18-13-19-28-57)22-20-21-29-58-41-61(34-37-64(2,3)4)50-67(47-58)44-55-23-14-11-15-24-55;1-43(2,3)19-16-40-25-37(28-46-31-40)13-10-34-22-35(11-14-38-26-41(32-47-29-38)17-20-44(4,5)6)24-36(23-34)12-15-39-27-42(33-48-30-39)18-21-45(7,8)9;8-6-7-4-2-1-3-5-7;;;;/h11-20,22-28,30-31,40-43,47-52H,1,44-46H2,2-10H3;22-33H,1-9H3;1-5H,6H2;1H4;3*1H/q+3;;;;;;/p-2/b22-20+,31-30?,54-40+;;;;;;. The van der Waals surface area contributed by atoms with Gasteiger partial charge in [0.15, 0.2) is 56.8 Å². The zero-order chi connectivity index (χ0) is 89.9. The van der Waals surface area contributed by atoms with E-state index < -0.39 is 0 Å². The van der Waals surface area contributed by atoms with Gasteiger partial charge in [0.2, 0.25) is 0 Å². The summed E-state index contributed by atoms with van der Waals surface area (Å²) in [5.41, 5.74) is 18.5. The van der Waals surface area contributed by atoms with Crippen molar-refractivity contribution in [1.29, 1.82) is 0 Å². The minimum Gasteiger partial charge on any atom is -1.00 e. The van der Waals surface area contributed by atoms with Crippen molar-refractivity contribution < 1.29 is 47.7 Å². The van der Waals surface area contributed by atoms with E-state index in [2.05, 4.69) is 452 Å². The Kier molecular flexibility index (Phi) is 42.7. The first-order valence-corrected chi connectivity index (χ1v) is 42.9. The van der Waals surface area contributed by atoms with Crippen molar-refractivity contribution in [1.82, 2.24) is 15.0 Å². The van der Waals surface area contributed by atoms with Gasteiger partial charge in [-0.1, -0.05) is 288 Å². The molecule has 0 saturated heterocycles. The van der Waals surface area contributed by atoms with E-state index in [1.807, 2.05) is 97.1 Å². The van der Waals surface area contributed by atoms with Gasteiger partial charge >= 0.3 is 0 Å². The van der Waals surface area contributed by atoms with Gasteiger partial charge in [-0.3, -0.25) is 15.0 Å². The highest BCUT2D eigenvalue weighted by atomic mass is 79.9. The maximum Gasteiger partial charge on any atom is 0.184 e. The van der Waals surface area contributed by atoms with Crippen molar-refractivity contribution in [3.05, 3.63) is 398 Å². The summed E-state index contributed by atoms with van der Waals surface area (Å²) in [4.78, 5) is 13.0. The molecule has 0 saturated carbocycles. The molecular formula is C119H115Br4N6+. The van der Waals surface area contributed by atoms with E-state index >= 15 is 0 Å². The maximum atomic E-state index is 4.46. The highest BCUT2D eigenvalue weighted by Crippen LogP contribution is 2.20. The average Bonchev–Trinajstić information content (AvgIpc) is 0.850. The summed E-state index contributed by atoms with van der Waals surface area (Å²) in [7, 11) is 0. The van der Waals surface area contributed by atoms with Gasteiger partial charge in [-0.2, -0.15) is 13.7 Å². The second-order valence-electron chi connectivity index (χ2n) is 36.4. The number of hydrogen-bond donors (Lipinski definition) is 0. The molecule has 0 bridgehead atoms. The molecule has 0 aliphatic carbocycles. The van der Waals surface area contributed by atoms with Crippen LogP contribution in [0.1, 0.15) is 238 Å². The van der Waals surface area contributed by atoms with Crippen LogP contribution >= 0.6 is 32.9 Å². The van der Waals surface area contributed by atoms with Crippen molar-refractivity contribution in [2.45, 2.75) is 157 Å². The lowest BCUT2D eigenvalue weighted by atomic mass is 9.97. The molecule has 6 nitrogen and oxygen atoms in total. The SMILES string of the molecule is Br.BrCc1ccccc1.C.C=C(C=Cc1cc(C#CC(C)(C)C)c[n+](Cc2ccccc2)c1)/C=C(C#Cc1cc(C#CC(C)(C)C)c[n+](Cc2ccccc2)c1)\C=C\C#Cc1cc(C#CC(C)(C)C)c[n+](Cc2ccccc2)c1.CC(C)(C)C#Cc1cncc(C#Cc2cc(C#Cc3cncc(C#CC(C)(C)C)c3)cc(C#Cc3cncc(C#CC(C)(C)C)c3)c2)c1.[Br-].[Br-]. The van der Waals surface area contributed by atoms with Gasteiger partial charge in [0.25, 0.3) is 0 Å². The number of halogens is 4. The van der Waals surface area contributed by atoms with Gasteiger partial charge in [0.1, 0.15) is 0 Å². The topological polar surface area (TPSA) is 50.3 Å². The lowest BCUT2D eigenvalue weighted by molar-refractivity contribution is -0.688. The molecule has 0 amide bonds. The Morgan fingerprint density at radius 2 is 0.574 bits per heavy atom. The number of rotatable bonds is 11. The summed E-state index contributed by atoms with van der Waals surface area (Å²) >= 11 is 3.36. The van der Waals surface area contributed by atoms with Crippen molar-refractivity contribution >= 4 is 39.0 Å². The van der Waals surface area contributed by atoms with Crippen molar-refractivity contribution in [2.24, 2.45) is 32.5 Å². The number of hydrogen-bond acceptors (Lipinski definition) is 3. The minimum absolute atomic E-state index is 0. The lowest BCUT2D eigenvalue weighted by Gasteiger charge is -2.07. The van der Waals surface area contributed by atoms with Gasteiger partial charge in [-0.05, 0) is 215 Å². The second-order valence-corrected chi connectivity index (χ2v) is 36.9. The summed E-state index contributed by atoms with van der Waals surface area (Å²) in [5, 5.41) is 0.952. The third-order valence-electron chi connectivity index (χ3n) is 16.8. The summed E-state index contributed by atoms with van der Waals surface area (Å²) < 4.78 is 6.51. The molecule has 0 aliphatic rings. The first-order valence-electron chi connectivity index (χ1n) is 41.8. The Labute approximate surface area is 812 Å². The Morgan fingerprint density at radius 1 is 0.318 bits per heavy atom. The molecule has 11 aromatic rings. The summed E-state index contributed by atoms with van der Waals surface area (Å²) in [6.07, 6.45) is 33.0. The fourth-order valence-electron chi connectivity index (χ4n) is 11.1. The van der Waals surface area contributed by atoms with Crippen LogP contribution in [-0.4, -0.2) is 15.0 Å². The number of aromatic nitrogens is 6. The molecule has 0 atom stereocenters. The number of benzene rings is 5. The Balaban J connectivity index is 0.000000428. The van der Waals surface area contributed by atoms with E-state index in [1.54, 1.807) is 37.2 Å². The lowest BCUT2D eigenvalue weighted by Crippen LogP contribution is -3.00. The Bertz CT molecular complexity index is 6290. The molecule has 648 valence electrons. The molecule has 0 spiro atoms. The van der Waals surface area contributed by atoms with Gasteiger partial charge in [0.05, 0.1) is 27.8 Å². The van der Waals surface area contributed by atoms with Crippen molar-refractivity contribution in [3.63, 3.8) is 0 Å².